The topological polar surface area (TPSA) is 102 Å². The Hall–Kier alpha value is -3.68. The normalized spacial score (nSPS) is 12.5. The minimum Gasteiger partial charge on any atom is -0.493 e. The SMILES string of the molecule is COc1cc(-c2nc(C(N)=O)cc3cc4c(cc23)OCCO4)cc(OC)c1OC. The average Bonchev–Trinajstić information content (AvgIpc) is 2.75. The molecule has 29 heavy (non-hydrogen) atoms. The molecule has 0 aliphatic carbocycles. The summed E-state index contributed by atoms with van der Waals surface area (Å²) in [5.41, 5.74) is 6.86. The molecular weight excluding hydrogens is 376 g/mol. The van der Waals surface area contributed by atoms with Gasteiger partial charge in [-0.25, -0.2) is 4.98 Å². The van der Waals surface area contributed by atoms with Gasteiger partial charge in [-0.15, -0.1) is 0 Å². The quantitative estimate of drug-likeness (QED) is 0.707. The lowest BCUT2D eigenvalue weighted by atomic mass is 10.0. The van der Waals surface area contributed by atoms with Crippen LogP contribution in [0.4, 0.5) is 0 Å². The van der Waals surface area contributed by atoms with Crippen LogP contribution < -0.4 is 29.4 Å². The summed E-state index contributed by atoms with van der Waals surface area (Å²) >= 11 is 0. The molecule has 0 radical (unpaired) electrons. The maximum atomic E-state index is 11.9. The smallest absolute Gasteiger partial charge is 0.267 e. The molecule has 8 nitrogen and oxygen atoms in total. The summed E-state index contributed by atoms with van der Waals surface area (Å²) < 4.78 is 27.7. The van der Waals surface area contributed by atoms with E-state index in [0.29, 0.717) is 53.2 Å². The first-order valence-electron chi connectivity index (χ1n) is 8.90. The number of fused-ring (bicyclic) bond motifs is 2. The van der Waals surface area contributed by atoms with Crippen LogP contribution in [0.15, 0.2) is 30.3 Å². The fraction of sp³-hybridized carbons (Fsp3) is 0.238. The van der Waals surface area contributed by atoms with E-state index in [2.05, 4.69) is 4.98 Å². The lowest BCUT2D eigenvalue weighted by Gasteiger charge is -2.20. The number of nitrogens with two attached hydrogens (primary N) is 1. The van der Waals surface area contributed by atoms with Crippen LogP contribution in [0.1, 0.15) is 10.5 Å². The molecule has 0 saturated heterocycles. The van der Waals surface area contributed by atoms with Gasteiger partial charge in [-0.2, -0.15) is 0 Å². The molecule has 2 heterocycles. The van der Waals surface area contributed by atoms with Crippen molar-refractivity contribution in [3.8, 4) is 40.0 Å². The van der Waals surface area contributed by atoms with E-state index in [9.17, 15) is 4.79 Å². The van der Waals surface area contributed by atoms with E-state index in [4.69, 9.17) is 29.4 Å². The van der Waals surface area contributed by atoms with E-state index in [1.165, 1.54) is 21.3 Å². The van der Waals surface area contributed by atoms with Gasteiger partial charge in [0.05, 0.1) is 27.0 Å². The number of hydrogen-bond acceptors (Lipinski definition) is 7. The Labute approximate surface area is 167 Å². The van der Waals surface area contributed by atoms with Crippen LogP contribution in [-0.4, -0.2) is 45.4 Å². The minimum absolute atomic E-state index is 0.137. The van der Waals surface area contributed by atoms with E-state index in [1.807, 2.05) is 12.1 Å². The van der Waals surface area contributed by atoms with Gasteiger partial charge in [0.25, 0.3) is 5.91 Å². The Morgan fingerprint density at radius 1 is 0.931 bits per heavy atom. The maximum absolute atomic E-state index is 11.9. The van der Waals surface area contributed by atoms with Crippen LogP contribution in [0.3, 0.4) is 0 Å². The van der Waals surface area contributed by atoms with Crippen LogP contribution in [0.5, 0.6) is 28.7 Å². The third kappa shape index (κ3) is 3.22. The Morgan fingerprint density at radius 3 is 2.10 bits per heavy atom. The summed E-state index contributed by atoms with van der Waals surface area (Å²) in [7, 11) is 4.60. The molecular formula is C21H20N2O6. The maximum Gasteiger partial charge on any atom is 0.267 e. The van der Waals surface area contributed by atoms with Crippen molar-refractivity contribution >= 4 is 16.7 Å². The molecule has 0 saturated carbocycles. The summed E-state index contributed by atoms with van der Waals surface area (Å²) in [5.74, 6) is 2.00. The third-order valence-corrected chi connectivity index (χ3v) is 4.68. The van der Waals surface area contributed by atoms with Crippen molar-refractivity contribution in [1.29, 1.82) is 0 Å². The Kier molecular flexibility index (Phi) is 4.75. The molecule has 8 heteroatoms. The lowest BCUT2D eigenvalue weighted by Crippen LogP contribution is -2.16. The molecule has 3 aromatic rings. The van der Waals surface area contributed by atoms with Gasteiger partial charge >= 0.3 is 0 Å². The van der Waals surface area contributed by atoms with E-state index in [-0.39, 0.29) is 5.69 Å². The number of hydrogen-bond donors (Lipinski definition) is 1. The zero-order chi connectivity index (χ0) is 20.5. The van der Waals surface area contributed by atoms with Crippen LogP contribution in [-0.2, 0) is 0 Å². The van der Waals surface area contributed by atoms with E-state index in [0.717, 1.165) is 10.8 Å². The summed E-state index contributed by atoms with van der Waals surface area (Å²) in [6.45, 7) is 0.927. The number of carbonyl (C=O) groups excluding carboxylic acids is 1. The molecule has 0 atom stereocenters. The molecule has 1 amide bonds. The van der Waals surface area contributed by atoms with Gasteiger partial charge in [-0.3, -0.25) is 4.79 Å². The van der Waals surface area contributed by atoms with Gasteiger partial charge in [0, 0.05) is 10.9 Å². The van der Waals surface area contributed by atoms with Crippen molar-refractivity contribution in [3.05, 3.63) is 36.0 Å². The number of rotatable bonds is 5. The first kappa shape index (κ1) is 18.7. The van der Waals surface area contributed by atoms with E-state index >= 15 is 0 Å². The fourth-order valence-electron chi connectivity index (χ4n) is 3.35. The molecule has 150 valence electrons. The lowest BCUT2D eigenvalue weighted by molar-refractivity contribution is 0.0996. The zero-order valence-electron chi connectivity index (χ0n) is 16.3. The molecule has 0 bridgehead atoms. The van der Waals surface area contributed by atoms with Gasteiger partial charge in [-0.1, -0.05) is 0 Å². The molecule has 2 aromatic carbocycles. The summed E-state index contributed by atoms with van der Waals surface area (Å²) in [6.07, 6.45) is 0. The first-order chi connectivity index (χ1) is 14.0. The molecule has 1 aromatic heterocycles. The average molecular weight is 396 g/mol. The summed E-state index contributed by atoms with van der Waals surface area (Å²) in [6, 6.07) is 8.84. The van der Waals surface area contributed by atoms with Crippen LogP contribution in [0.25, 0.3) is 22.0 Å². The minimum atomic E-state index is -0.629. The predicted octanol–water partition coefficient (Wildman–Crippen LogP) is 2.80. The van der Waals surface area contributed by atoms with E-state index in [1.54, 1.807) is 18.2 Å². The second-order valence-corrected chi connectivity index (χ2v) is 6.35. The molecule has 0 spiro atoms. The molecule has 2 N–H and O–H groups in total. The number of aromatic nitrogens is 1. The highest BCUT2D eigenvalue weighted by molar-refractivity contribution is 6.02. The highest BCUT2D eigenvalue weighted by Crippen LogP contribution is 2.43. The molecule has 1 aliphatic rings. The van der Waals surface area contributed by atoms with Crippen molar-refractivity contribution in [2.24, 2.45) is 5.73 Å². The van der Waals surface area contributed by atoms with Gasteiger partial charge < -0.3 is 29.4 Å². The van der Waals surface area contributed by atoms with Crippen molar-refractivity contribution < 1.29 is 28.5 Å². The number of carbonyl (C=O) groups is 1. The van der Waals surface area contributed by atoms with Crippen LogP contribution in [0.2, 0.25) is 0 Å². The number of pyridine rings is 1. The number of nitrogens with zero attached hydrogens (tertiary/aromatic N) is 1. The predicted molar refractivity (Wildman–Crippen MR) is 106 cm³/mol. The van der Waals surface area contributed by atoms with Gasteiger partial charge in [-0.05, 0) is 35.7 Å². The van der Waals surface area contributed by atoms with Crippen molar-refractivity contribution in [3.63, 3.8) is 0 Å². The molecule has 0 unspecified atom stereocenters. The largest absolute Gasteiger partial charge is 0.493 e. The second kappa shape index (κ2) is 7.38. The molecule has 1 aliphatic heterocycles. The van der Waals surface area contributed by atoms with Crippen molar-refractivity contribution in [2.75, 3.05) is 34.5 Å². The highest BCUT2D eigenvalue weighted by Gasteiger charge is 2.20. The monoisotopic (exact) mass is 396 g/mol. The number of ether oxygens (including phenoxy) is 5. The zero-order valence-corrected chi connectivity index (χ0v) is 16.3. The Bertz CT molecular complexity index is 1090. The van der Waals surface area contributed by atoms with Crippen molar-refractivity contribution in [2.45, 2.75) is 0 Å². The number of primary amides is 1. The second-order valence-electron chi connectivity index (χ2n) is 6.35. The number of benzene rings is 2. The van der Waals surface area contributed by atoms with Gasteiger partial charge in [0.2, 0.25) is 5.75 Å². The Morgan fingerprint density at radius 2 is 1.55 bits per heavy atom. The van der Waals surface area contributed by atoms with Crippen molar-refractivity contribution in [1.82, 2.24) is 4.98 Å². The van der Waals surface area contributed by atoms with Gasteiger partial charge in [0.1, 0.15) is 18.9 Å². The highest BCUT2D eigenvalue weighted by atomic mass is 16.6. The van der Waals surface area contributed by atoms with Crippen LogP contribution in [0, 0.1) is 0 Å². The Balaban J connectivity index is 2.03. The number of amides is 1. The molecule has 0 fully saturated rings. The van der Waals surface area contributed by atoms with Gasteiger partial charge in [0.15, 0.2) is 23.0 Å². The first-order valence-corrected chi connectivity index (χ1v) is 8.90. The standard InChI is InChI=1S/C21H20N2O6/c1-25-17-8-12(9-18(26-2)20(17)27-3)19-13-10-16-15(28-4-5-29-16)7-11(13)6-14(23-19)21(22)24/h6-10H,4-5H2,1-3H3,(H2,22,24). The third-order valence-electron chi connectivity index (χ3n) is 4.68. The number of methoxy groups -OCH3 is 3. The summed E-state index contributed by atoms with van der Waals surface area (Å²) in [5, 5.41) is 1.52. The fourth-order valence-corrected chi connectivity index (χ4v) is 3.35. The van der Waals surface area contributed by atoms with E-state index < -0.39 is 5.91 Å². The summed E-state index contributed by atoms with van der Waals surface area (Å²) in [4.78, 5) is 16.4. The van der Waals surface area contributed by atoms with Crippen LogP contribution >= 0.6 is 0 Å². The molecule has 4 rings (SSSR count).